The van der Waals surface area contributed by atoms with Crippen LogP contribution in [0.1, 0.15) is 83.6 Å². The number of hydrogen-bond acceptors (Lipinski definition) is 9. The largest absolute Gasteiger partial charge is 0.493 e. The van der Waals surface area contributed by atoms with E-state index in [2.05, 4.69) is 17.2 Å². The predicted octanol–water partition coefficient (Wildman–Crippen LogP) is 3.60. The number of methoxy groups -OCH3 is 1. The molecule has 36 heavy (non-hydrogen) atoms. The third-order valence-corrected chi connectivity index (χ3v) is 6.13. The zero-order chi connectivity index (χ0) is 26.8. The Hall–Kier alpha value is -3.17. The molecule has 1 aromatic heterocycles. The van der Waals surface area contributed by atoms with Crippen LogP contribution in [0.5, 0.6) is 11.5 Å². The van der Waals surface area contributed by atoms with Gasteiger partial charge >= 0.3 is 17.9 Å². The average molecular weight is 507 g/mol. The number of rotatable bonds is 9. The fraction of sp³-hybridized carbons (Fsp3) is 0.654. The van der Waals surface area contributed by atoms with Gasteiger partial charge in [0.05, 0.1) is 13.0 Å². The summed E-state index contributed by atoms with van der Waals surface area (Å²) in [4.78, 5) is 54.1. The molecule has 1 N–H and O–H groups in total. The molecule has 0 bridgehead atoms. The zero-order valence-electron chi connectivity index (χ0n) is 22.0. The van der Waals surface area contributed by atoms with Crippen LogP contribution in [0.4, 0.5) is 0 Å². The van der Waals surface area contributed by atoms with Gasteiger partial charge in [-0.15, -0.1) is 0 Å². The van der Waals surface area contributed by atoms with Gasteiger partial charge in [-0.2, -0.15) is 0 Å². The molecule has 10 heteroatoms. The smallest absolute Gasteiger partial charge is 0.328 e. The molecule has 1 fully saturated rings. The fourth-order valence-electron chi connectivity index (χ4n) is 4.16. The van der Waals surface area contributed by atoms with E-state index in [9.17, 15) is 19.2 Å². The van der Waals surface area contributed by atoms with Crippen molar-refractivity contribution in [3.8, 4) is 11.5 Å². The highest BCUT2D eigenvalue weighted by Crippen LogP contribution is 2.31. The van der Waals surface area contributed by atoms with Crippen LogP contribution in [0, 0.1) is 11.8 Å². The summed E-state index contributed by atoms with van der Waals surface area (Å²) in [7, 11) is 1.37. The summed E-state index contributed by atoms with van der Waals surface area (Å²) in [6.07, 6.45) is 4.39. The van der Waals surface area contributed by atoms with Crippen LogP contribution in [-0.4, -0.2) is 54.2 Å². The number of hydrogen-bond donors (Lipinski definition) is 1. The van der Waals surface area contributed by atoms with Crippen molar-refractivity contribution in [1.82, 2.24) is 10.3 Å². The highest BCUT2D eigenvalue weighted by atomic mass is 16.6. The molecule has 1 aromatic rings. The Morgan fingerprint density at radius 3 is 2.58 bits per heavy atom. The van der Waals surface area contributed by atoms with Crippen molar-refractivity contribution in [2.45, 2.75) is 91.4 Å². The van der Waals surface area contributed by atoms with E-state index in [0.717, 1.165) is 19.3 Å². The summed E-state index contributed by atoms with van der Waals surface area (Å²) < 4.78 is 21.9. The number of nitrogens with one attached hydrogen (secondary N) is 1. The Morgan fingerprint density at radius 1 is 1.25 bits per heavy atom. The van der Waals surface area contributed by atoms with Crippen molar-refractivity contribution in [3.05, 3.63) is 18.0 Å². The molecule has 1 amide bonds. The third kappa shape index (κ3) is 7.93. The van der Waals surface area contributed by atoms with Crippen LogP contribution in [0.3, 0.4) is 0 Å². The van der Waals surface area contributed by atoms with Crippen LogP contribution in [-0.2, 0) is 23.9 Å². The van der Waals surface area contributed by atoms with E-state index in [-0.39, 0.29) is 47.5 Å². The van der Waals surface area contributed by atoms with Crippen LogP contribution in [0.25, 0.3) is 0 Å². The summed E-state index contributed by atoms with van der Waals surface area (Å²) in [6, 6.07) is 0.504. The number of ether oxygens (including phenoxy) is 4. The summed E-state index contributed by atoms with van der Waals surface area (Å²) in [5.41, 5.74) is -0.185. The number of amides is 1. The first-order chi connectivity index (χ1) is 17.1. The van der Waals surface area contributed by atoms with E-state index in [0.29, 0.717) is 12.8 Å². The Kier molecular flexibility index (Phi) is 11.1. The highest BCUT2D eigenvalue weighted by Gasteiger charge is 2.36. The van der Waals surface area contributed by atoms with Gasteiger partial charge in [0.25, 0.3) is 5.91 Å². The molecule has 0 spiro atoms. The number of unbranched alkanes of at least 4 members (excludes halogenated alkanes) is 1. The minimum Gasteiger partial charge on any atom is -0.493 e. The van der Waals surface area contributed by atoms with Gasteiger partial charge in [0.1, 0.15) is 18.2 Å². The second kappa shape index (κ2) is 13.8. The first kappa shape index (κ1) is 29.1. The van der Waals surface area contributed by atoms with Gasteiger partial charge in [-0.05, 0) is 32.6 Å². The minimum atomic E-state index is -0.954. The minimum absolute atomic E-state index is 0.130. The summed E-state index contributed by atoms with van der Waals surface area (Å²) in [5, 5.41) is 2.67. The van der Waals surface area contributed by atoms with Crippen LogP contribution < -0.4 is 14.8 Å². The quantitative estimate of drug-likeness (QED) is 0.499. The lowest BCUT2D eigenvalue weighted by Gasteiger charge is -2.31. The molecule has 1 aliphatic rings. The zero-order valence-corrected chi connectivity index (χ0v) is 22.0. The summed E-state index contributed by atoms with van der Waals surface area (Å²) in [6.45, 7) is 8.63. The topological polar surface area (TPSA) is 130 Å². The predicted molar refractivity (Wildman–Crippen MR) is 130 cm³/mol. The molecule has 10 nitrogen and oxygen atoms in total. The van der Waals surface area contributed by atoms with Crippen LogP contribution in [0.2, 0.25) is 0 Å². The van der Waals surface area contributed by atoms with E-state index < -0.39 is 30.0 Å². The Balaban J connectivity index is 2.26. The standard InChI is InChI=1S/C26H38N2O8/c1-7-8-10-18-16(4)34-26(32)19(11-9-12-20(18)36-25(31)15(2)3)28-24(30)22-23(35-17(5)29)21(33-6)13-14-27-22/h13-16,18-20H,7-12H2,1-6H3,(H,28,30)/t16-,18-,19-,20-/m0/s1. The van der Waals surface area contributed by atoms with Crippen molar-refractivity contribution in [2.75, 3.05) is 7.11 Å². The molecule has 0 saturated carbocycles. The normalized spacial score (nSPS) is 22.5. The highest BCUT2D eigenvalue weighted by molar-refractivity contribution is 5.98. The van der Waals surface area contributed by atoms with Gasteiger partial charge in [0.2, 0.25) is 5.75 Å². The lowest BCUT2D eigenvalue weighted by Crippen LogP contribution is -2.44. The number of pyridine rings is 1. The number of aromatic nitrogens is 1. The summed E-state index contributed by atoms with van der Waals surface area (Å²) >= 11 is 0. The molecule has 0 aromatic carbocycles. The number of carbonyl (C=O) groups excluding carboxylic acids is 4. The van der Waals surface area contributed by atoms with Crippen molar-refractivity contribution < 1.29 is 38.1 Å². The number of nitrogens with zero attached hydrogens (tertiary/aromatic N) is 1. The second-order valence-corrected chi connectivity index (χ2v) is 9.32. The third-order valence-electron chi connectivity index (χ3n) is 6.13. The molecule has 2 rings (SSSR count). The van der Waals surface area contributed by atoms with Gasteiger partial charge in [-0.25, -0.2) is 9.78 Å². The SMILES string of the molecule is CCCC[C@H]1[C@H](C)OC(=O)[C@@H](NC(=O)c2nccc(OC)c2OC(C)=O)CCC[C@@H]1OC(=O)C(C)C. The maximum absolute atomic E-state index is 13.1. The monoisotopic (exact) mass is 506 g/mol. The number of carbonyl (C=O) groups is 4. The molecule has 200 valence electrons. The van der Waals surface area contributed by atoms with Gasteiger partial charge in [0.15, 0.2) is 11.4 Å². The Bertz CT molecular complexity index is 933. The second-order valence-electron chi connectivity index (χ2n) is 9.32. The average Bonchev–Trinajstić information content (AvgIpc) is 2.86. The van der Waals surface area contributed by atoms with E-state index in [4.69, 9.17) is 18.9 Å². The van der Waals surface area contributed by atoms with Crippen molar-refractivity contribution in [1.29, 1.82) is 0 Å². The molecular formula is C26H38N2O8. The Labute approximate surface area is 212 Å². The van der Waals surface area contributed by atoms with Crippen molar-refractivity contribution >= 4 is 23.8 Å². The first-order valence-corrected chi connectivity index (χ1v) is 12.5. The molecule has 4 atom stereocenters. The molecule has 0 aliphatic carbocycles. The van der Waals surface area contributed by atoms with E-state index >= 15 is 0 Å². The molecule has 0 radical (unpaired) electrons. The molecular weight excluding hydrogens is 468 g/mol. The maximum atomic E-state index is 13.1. The van der Waals surface area contributed by atoms with Gasteiger partial charge < -0.3 is 24.3 Å². The molecule has 1 saturated heterocycles. The van der Waals surface area contributed by atoms with Gasteiger partial charge in [0, 0.05) is 25.1 Å². The van der Waals surface area contributed by atoms with Gasteiger partial charge in [-0.1, -0.05) is 33.6 Å². The molecule has 2 heterocycles. The fourth-order valence-corrected chi connectivity index (χ4v) is 4.16. The van der Waals surface area contributed by atoms with Crippen LogP contribution in [0.15, 0.2) is 12.3 Å². The number of esters is 3. The van der Waals surface area contributed by atoms with Crippen molar-refractivity contribution in [2.24, 2.45) is 11.8 Å². The summed E-state index contributed by atoms with van der Waals surface area (Å²) in [5.74, 6) is -2.61. The van der Waals surface area contributed by atoms with E-state index in [1.165, 1.54) is 26.3 Å². The Morgan fingerprint density at radius 2 is 1.97 bits per heavy atom. The van der Waals surface area contributed by atoms with Crippen molar-refractivity contribution in [3.63, 3.8) is 0 Å². The number of cyclic esters (lactones) is 1. The maximum Gasteiger partial charge on any atom is 0.328 e. The lowest BCUT2D eigenvalue weighted by molar-refractivity contribution is -0.164. The van der Waals surface area contributed by atoms with E-state index in [1.54, 1.807) is 20.8 Å². The first-order valence-electron chi connectivity index (χ1n) is 12.5. The van der Waals surface area contributed by atoms with Crippen LogP contribution >= 0.6 is 0 Å². The molecule has 1 aliphatic heterocycles. The lowest BCUT2D eigenvalue weighted by atomic mass is 9.88. The molecule has 0 unspecified atom stereocenters. The van der Waals surface area contributed by atoms with E-state index in [1.807, 2.05) is 0 Å². The van der Waals surface area contributed by atoms with Gasteiger partial charge in [-0.3, -0.25) is 14.4 Å².